The first-order valence-corrected chi connectivity index (χ1v) is 20.1. The van der Waals surface area contributed by atoms with Crippen molar-refractivity contribution in [1.82, 2.24) is 25.0 Å². The van der Waals surface area contributed by atoms with E-state index in [9.17, 15) is 18.5 Å². The number of fused-ring (bicyclic) bond motifs is 1. The number of hydrogen-bond donors (Lipinski definition) is 1. The predicted octanol–water partition coefficient (Wildman–Crippen LogP) is 3.32. The maximum atomic E-state index is 15.2. The maximum absolute atomic E-state index is 15.2. The summed E-state index contributed by atoms with van der Waals surface area (Å²) >= 11 is 0. The number of nitrogens with zero attached hydrogens (tertiary/aromatic N) is 6. The third kappa shape index (κ3) is 6.83. The molecule has 16 heteroatoms. The number of pyridine rings is 1. The van der Waals surface area contributed by atoms with Crippen molar-refractivity contribution in [3.63, 3.8) is 0 Å². The van der Waals surface area contributed by atoms with Gasteiger partial charge in [0.15, 0.2) is 5.54 Å². The molecule has 0 saturated carbocycles. The van der Waals surface area contributed by atoms with Crippen molar-refractivity contribution in [1.29, 1.82) is 5.26 Å². The highest BCUT2D eigenvalue weighted by molar-refractivity contribution is 7.93. The molecule has 3 saturated heterocycles. The molecule has 0 aliphatic carbocycles. The van der Waals surface area contributed by atoms with Crippen LogP contribution >= 0.6 is 0 Å². The van der Waals surface area contributed by atoms with E-state index in [1.807, 2.05) is 0 Å². The second-order valence-corrected chi connectivity index (χ2v) is 16.0. The van der Waals surface area contributed by atoms with E-state index in [0.717, 1.165) is 51.9 Å². The smallest absolute Gasteiger partial charge is 0.318 e. The fourth-order valence-electron chi connectivity index (χ4n) is 8.35. The normalized spacial score (nSPS) is 21.5. The van der Waals surface area contributed by atoms with Gasteiger partial charge in [0.1, 0.15) is 16.4 Å². The minimum atomic E-state index is -4.70. The molecule has 55 heavy (non-hydrogen) atoms. The minimum Gasteiger partial charge on any atom is -0.497 e. The average molecular weight is 774 g/mol. The Labute approximate surface area is 321 Å². The highest BCUT2D eigenvalue weighted by Gasteiger charge is 2.59. The molecule has 1 unspecified atom stereocenters. The molecule has 3 amide bonds. The van der Waals surface area contributed by atoms with E-state index in [1.54, 1.807) is 31.1 Å². The van der Waals surface area contributed by atoms with Gasteiger partial charge in [0, 0.05) is 76.3 Å². The van der Waals surface area contributed by atoms with E-state index in [0.29, 0.717) is 35.3 Å². The molecular weight excluding hydrogens is 727 g/mol. The van der Waals surface area contributed by atoms with Crippen molar-refractivity contribution in [2.45, 2.75) is 61.2 Å². The summed E-state index contributed by atoms with van der Waals surface area (Å²) in [4.78, 5) is 40.3. The zero-order valence-corrected chi connectivity index (χ0v) is 32.4. The number of rotatable bonds is 11. The summed E-state index contributed by atoms with van der Waals surface area (Å²) in [5.41, 5.74) is -1.82. The number of hydrogen-bond acceptors (Lipinski definition) is 12. The molecule has 1 N–H and O–H groups in total. The van der Waals surface area contributed by atoms with Crippen molar-refractivity contribution in [2.24, 2.45) is 0 Å². The van der Waals surface area contributed by atoms with Crippen LogP contribution in [0.3, 0.4) is 0 Å². The fourth-order valence-corrected chi connectivity index (χ4v) is 9.95. The van der Waals surface area contributed by atoms with Crippen LogP contribution in [0.2, 0.25) is 0 Å². The van der Waals surface area contributed by atoms with Crippen LogP contribution in [0.1, 0.15) is 49.3 Å². The number of sulfonamides is 1. The first-order chi connectivity index (χ1) is 26.6. The van der Waals surface area contributed by atoms with Crippen LogP contribution in [-0.2, 0) is 25.1 Å². The lowest BCUT2D eigenvalue weighted by molar-refractivity contribution is -0.121. The van der Waals surface area contributed by atoms with Gasteiger partial charge in [-0.15, -0.1) is 0 Å². The van der Waals surface area contributed by atoms with E-state index in [1.165, 1.54) is 56.8 Å². The van der Waals surface area contributed by atoms with Gasteiger partial charge in [-0.2, -0.15) is 9.57 Å². The van der Waals surface area contributed by atoms with Gasteiger partial charge in [-0.3, -0.25) is 9.69 Å². The highest BCUT2D eigenvalue weighted by Crippen LogP contribution is 2.50. The maximum Gasteiger partial charge on any atom is 0.318 e. The van der Waals surface area contributed by atoms with Crippen molar-refractivity contribution in [3.8, 4) is 23.4 Å². The molecule has 3 aromatic rings. The van der Waals surface area contributed by atoms with Gasteiger partial charge in [-0.25, -0.2) is 18.2 Å². The standard InChI is InChI=1S/C39H47N7O8S/c1-5-54-36-31(7-6-16-41-36)39(42-38(48)45-24-28(25-45)44-17-12-27(13-18-44)43-19-14-29(51-2)15-20-43)32-21-26(23-40)8-10-33(32)46(37(39)47)55(49,50)35-11-9-30(52-3)22-34(35)53-4/h6-11,16,21-22,27-29H,5,12-15,17-20,24-25H2,1-4H3,(H,42,48). The Morgan fingerprint density at radius 3 is 2.31 bits per heavy atom. The number of piperidine rings is 2. The first kappa shape index (κ1) is 38.3. The van der Waals surface area contributed by atoms with Crippen LogP contribution < -0.4 is 23.8 Å². The van der Waals surface area contributed by atoms with Gasteiger partial charge in [0.05, 0.1) is 49.8 Å². The van der Waals surface area contributed by atoms with Gasteiger partial charge in [0.25, 0.3) is 15.9 Å². The number of methoxy groups -OCH3 is 3. The zero-order valence-electron chi connectivity index (χ0n) is 31.6. The van der Waals surface area contributed by atoms with Crippen LogP contribution in [0.4, 0.5) is 10.5 Å². The molecular formula is C39H47N7O8S. The topological polar surface area (TPSA) is 167 Å². The molecule has 3 fully saturated rings. The van der Waals surface area contributed by atoms with Gasteiger partial charge < -0.3 is 34.1 Å². The lowest BCUT2D eigenvalue weighted by Crippen LogP contribution is -2.67. The molecule has 0 spiro atoms. The van der Waals surface area contributed by atoms with Gasteiger partial charge in [-0.05, 0) is 75.1 Å². The summed E-state index contributed by atoms with van der Waals surface area (Å²) in [6.45, 7) is 6.74. The molecule has 5 heterocycles. The van der Waals surface area contributed by atoms with Crippen LogP contribution in [0.25, 0.3) is 0 Å². The lowest BCUT2D eigenvalue weighted by Gasteiger charge is -2.49. The average Bonchev–Trinajstić information content (AvgIpc) is 3.44. The number of likely N-dealkylation sites (tertiary alicyclic amines) is 3. The third-order valence-corrected chi connectivity index (χ3v) is 13.1. The molecule has 1 aromatic heterocycles. The fraction of sp³-hybridized carbons (Fsp3) is 0.487. The molecule has 4 aliphatic rings. The Balaban J connectivity index is 1.19. The number of amides is 3. The summed E-state index contributed by atoms with van der Waals surface area (Å²) in [5, 5.41) is 12.9. The Bertz CT molecular complexity index is 2070. The second-order valence-electron chi connectivity index (χ2n) is 14.2. The van der Waals surface area contributed by atoms with Crippen LogP contribution in [0, 0.1) is 11.3 Å². The molecule has 2 aromatic carbocycles. The summed E-state index contributed by atoms with van der Waals surface area (Å²) in [7, 11) is -0.165. The first-order valence-electron chi connectivity index (χ1n) is 18.6. The van der Waals surface area contributed by atoms with Gasteiger partial charge in [-0.1, -0.05) is 0 Å². The van der Waals surface area contributed by atoms with Crippen molar-refractivity contribution in [3.05, 3.63) is 71.4 Å². The summed E-state index contributed by atoms with van der Waals surface area (Å²) in [6, 6.07) is 13.8. The predicted molar refractivity (Wildman–Crippen MR) is 202 cm³/mol. The Hall–Kier alpha value is -4.95. The number of nitriles is 1. The Kier molecular flexibility index (Phi) is 10.9. The summed E-state index contributed by atoms with van der Waals surface area (Å²) < 4.78 is 52.2. The monoisotopic (exact) mass is 773 g/mol. The highest BCUT2D eigenvalue weighted by atomic mass is 32.2. The summed E-state index contributed by atoms with van der Waals surface area (Å²) in [6.07, 6.45) is 6.05. The number of ether oxygens (including phenoxy) is 4. The summed E-state index contributed by atoms with van der Waals surface area (Å²) in [5.74, 6) is -0.664. The molecule has 7 rings (SSSR count). The molecule has 0 radical (unpaired) electrons. The largest absolute Gasteiger partial charge is 0.497 e. The zero-order chi connectivity index (χ0) is 38.9. The Morgan fingerprint density at radius 2 is 1.65 bits per heavy atom. The molecule has 0 bridgehead atoms. The number of carbonyl (C=O) groups is 2. The van der Waals surface area contributed by atoms with Gasteiger partial charge in [0.2, 0.25) is 5.88 Å². The molecule has 292 valence electrons. The van der Waals surface area contributed by atoms with Gasteiger partial charge >= 0.3 is 6.03 Å². The minimum absolute atomic E-state index is 0.0315. The van der Waals surface area contributed by atoms with Crippen LogP contribution in [0.15, 0.2) is 59.6 Å². The third-order valence-electron chi connectivity index (χ3n) is 11.4. The number of nitrogens with one attached hydrogen (secondary N) is 1. The van der Waals surface area contributed by atoms with E-state index in [4.69, 9.17) is 18.9 Å². The number of benzene rings is 2. The molecule has 4 aliphatic heterocycles. The Morgan fingerprint density at radius 1 is 0.945 bits per heavy atom. The molecule has 15 nitrogen and oxygen atoms in total. The number of aromatic nitrogens is 1. The second kappa shape index (κ2) is 15.7. The lowest BCUT2D eigenvalue weighted by atomic mass is 9.83. The number of anilines is 1. The van der Waals surface area contributed by atoms with E-state index in [2.05, 4.69) is 26.2 Å². The van der Waals surface area contributed by atoms with E-state index >= 15 is 4.79 Å². The number of carbonyl (C=O) groups excluding carboxylic acids is 2. The van der Waals surface area contributed by atoms with Crippen molar-refractivity contribution in [2.75, 3.05) is 71.5 Å². The molecule has 1 atom stereocenters. The van der Waals surface area contributed by atoms with Crippen LogP contribution in [0.5, 0.6) is 17.4 Å². The number of urea groups is 1. The van der Waals surface area contributed by atoms with Crippen LogP contribution in [-0.4, -0.2) is 125 Å². The van der Waals surface area contributed by atoms with E-state index < -0.39 is 27.5 Å². The SMILES string of the molecule is CCOc1ncccc1C1(NC(=O)N2CC(N3CCC(N4CCC(OC)CC4)CC3)C2)C(=O)N(S(=O)(=O)c2ccc(OC)cc2OC)c2ccc(C#N)cc21. The van der Waals surface area contributed by atoms with Crippen molar-refractivity contribution < 1.29 is 37.0 Å². The quantitative estimate of drug-likeness (QED) is 0.303. The van der Waals surface area contributed by atoms with Crippen molar-refractivity contribution >= 4 is 27.6 Å². The van der Waals surface area contributed by atoms with E-state index in [-0.39, 0.29) is 51.6 Å².